The van der Waals surface area contributed by atoms with E-state index in [1.807, 2.05) is 19.1 Å². The number of halogens is 1. The summed E-state index contributed by atoms with van der Waals surface area (Å²) >= 11 is 1.75. The van der Waals surface area contributed by atoms with Crippen molar-refractivity contribution in [3.63, 3.8) is 0 Å². The monoisotopic (exact) mass is 319 g/mol. The van der Waals surface area contributed by atoms with Gasteiger partial charge >= 0.3 is 0 Å². The third kappa shape index (κ3) is 5.48. The molecule has 0 fully saturated rings. The Morgan fingerprint density at radius 1 is 1.14 bits per heavy atom. The number of hydrogen-bond donors (Lipinski definition) is 2. The average molecular weight is 319 g/mol. The van der Waals surface area contributed by atoms with Crippen LogP contribution in [-0.2, 0) is 12.8 Å². The van der Waals surface area contributed by atoms with Gasteiger partial charge in [0.15, 0.2) is 5.96 Å². The van der Waals surface area contributed by atoms with Gasteiger partial charge in [0.1, 0.15) is 5.82 Å². The number of nitrogens with zero attached hydrogens (tertiary/aromatic N) is 1. The highest BCUT2D eigenvalue weighted by molar-refractivity contribution is 7.09. The van der Waals surface area contributed by atoms with Crippen LogP contribution in [-0.4, -0.2) is 25.6 Å². The fourth-order valence-corrected chi connectivity index (χ4v) is 2.79. The number of nitrogens with one attached hydrogen (secondary N) is 2. The Morgan fingerprint density at radius 3 is 2.73 bits per heavy atom. The number of benzene rings is 1. The summed E-state index contributed by atoms with van der Waals surface area (Å²) in [6.45, 7) is 4.25. The zero-order valence-electron chi connectivity index (χ0n) is 12.8. The van der Waals surface area contributed by atoms with Crippen LogP contribution >= 0.6 is 11.3 Å². The lowest BCUT2D eigenvalue weighted by Gasteiger charge is -2.11. The molecule has 0 radical (unpaired) electrons. The number of rotatable bonds is 7. The van der Waals surface area contributed by atoms with Gasteiger partial charge in [-0.05, 0) is 36.4 Å². The molecule has 0 aliphatic rings. The van der Waals surface area contributed by atoms with Crippen LogP contribution in [0.25, 0.3) is 0 Å². The third-order valence-electron chi connectivity index (χ3n) is 3.20. The Bertz CT molecular complexity index is 581. The first-order valence-electron chi connectivity index (χ1n) is 7.57. The number of thiophene rings is 1. The Morgan fingerprint density at radius 2 is 2.00 bits per heavy atom. The topological polar surface area (TPSA) is 36.4 Å². The molecule has 0 aliphatic carbocycles. The molecular weight excluding hydrogens is 297 g/mol. The van der Waals surface area contributed by atoms with E-state index in [0.29, 0.717) is 13.0 Å². The van der Waals surface area contributed by atoms with Crippen molar-refractivity contribution in [3.8, 4) is 0 Å². The molecule has 0 bridgehead atoms. The van der Waals surface area contributed by atoms with Gasteiger partial charge in [0, 0.05) is 30.9 Å². The van der Waals surface area contributed by atoms with Crippen LogP contribution in [0.4, 0.5) is 4.39 Å². The van der Waals surface area contributed by atoms with Gasteiger partial charge in [-0.25, -0.2) is 4.39 Å². The van der Waals surface area contributed by atoms with Crippen LogP contribution in [0.15, 0.2) is 46.8 Å². The first-order chi connectivity index (χ1) is 10.8. The smallest absolute Gasteiger partial charge is 0.191 e. The summed E-state index contributed by atoms with van der Waals surface area (Å²) in [5.41, 5.74) is 0.726. The second-order valence-corrected chi connectivity index (χ2v) is 5.89. The molecule has 0 saturated carbocycles. The maximum absolute atomic E-state index is 13.5. The van der Waals surface area contributed by atoms with Gasteiger partial charge in [0.25, 0.3) is 0 Å². The summed E-state index contributed by atoms with van der Waals surface area (Å²) < 4.78 is 13.5. The predicted molar refractivity (Wildman–Crippen MR) is 92.1 cm³/mol. The molecule has 2 N–H and O–H groups in total. The van der Waals surface area contributed by atoms with E-state index < -0.39 is 0 Å². The van der Waals surface area contributed by atoms with Gasteiger partial charge in [0.05, 0.1) is 0 Å². The molecule has 0 saturated heterocycles. The number of guanidine groups is 1. The highest BCUT2D eigenvalue weighted by Gasteiger charge is 2.02. The Labute approximate surface area is 135 Å². The summed E-state index contributed by atoms with van der Waals surface area (Å²) in [5.74, 6) is 0.638. The lowest BCUT2D eigenvalue weighted by molar-refractivity contribution is 0.606. The SMILES string of the molecule is CCNC(=NCCc1cccs1)NCCc1ccccc1F. The maximum atomic E-state index is 13.5. The second-order valence-electron chi connectivity index (χ2n) is 4.86. The van der Waals surface area contributed by atoms with Crippen molar-refractivity contribution in [2.75, 3.05) is 19.6 Å². The van der Waals surface area contributed by atoms with Crippen LogP contribution in [0.2, 0.25) is 0 Å². The normalized spacial score (nSPS) is 11.5. The van der Waals surface area contributed by atoms with Crippen molar-refractivity contribution in [2.24, 2.45) is 4.99 Å². The molecule has 0 atom stereocenters. The molecule has 0 aliphatic heterocycles. The summed E-state index contributed by atoms with van der Waals surface area (Å²) in [6.07, 6.45) is 1.59. The zero-order valence-corrected chi connectivity index (χ0v) is 13.6. The molecule has 118 valence electrons. The van der Waals surface area contributed by atoms with Gasteiger partial charge in [-0.1, -0.05) is 24.3 Å². The van der Waals surface area contributed by atoms with E-state index in [-0.39, 0.29) is 5.82 Å². The van der Waals surface area contributed by atoms with Crippen molar-refractivity contribution in [1.82, 2.24) is 10.6 Å². The molecule has 0 amide bonds. The van der Waals surface area contributed by atoms with Crippen LogP contribution in [0.5, 0.6) is 0 Å². The van der Waals surface area contributed by atoms with Crippen molar-refractivity contribution < 1.29 is 4.39 Å². The molecule has 1 aromatic heterocycles. The lowest BCUT2D eigenvalue weighted by Crippen LogP contribution is -2.38. The lowest BCUT2D eigenvalue weighted by atomic mass is 10.1. The largest absolute Gasteiger partial charge is 0.357 e. The Hall–Kier alpha value is -1.88. The van der Waals surface area contributed by atoms with Gasteiger partial charge in [-0.2, -0.15) is 0 Å². The van der Waals surface area contributed by atoms with E-state index in [4.69, 9.17) is 0 Å². The molecule has 2 aromatic rings. The molecule has 3 nitrogen and oxygen atoms in total. The summed E-state index contributed by atoms with van der Waals surface area (Å²) in [4.78, 5) is 5.89. The Kier molecular flexibility index (Phi) is 6.90. The van der Waals surface area contributed by atoms with E-state index in [1.54, 1.807) is 17.4 Å². The summed E-state index contributed by atoms with van der Waals surface area (Å²) in [7, 11) is 0. The first-order valence-corrected chi connectivity index (χ1v) is 8.45. The van der Waals surface area contributed by atoms with Crippen LogP contribution in [0.3, 0.4) is 0 Å². The average Bonchev–Trinajstić information content (AvgIpc) is 3.02. The minimum Gasteiger partial charge on any atom is -0.357 e. The van der Waals surface area contributed by atoms with Gasteiger partial charge in [0.2, 0.25) is 0 Å². The van der Waals surface area contributed by atoms with E-state index in [2.05, 4.69) is 33.1 Å². The van der Waals surface area contributed by atoms with E-state index in [1.165, 1.54) is 10.9 Å². The quantitative estimate of drug-likeness (QED) is 0.607. The molecule has 5 heteroatoms. The Balaban J connectivity index is 1.79. The van der Waals surface area contributed by atoms with Crippen LogP contribution < -0.4 is 10.6 Å². The fourth-order valence-electron chi connectivity index (χ4n) is 2.09. The standard InChI is InChI=1S/C17H22FN3S/c1-2-19-17(21-12-10-15-7-5-13-22-15)20-11-9-14-6-3-4-8-16(14)18/h3-8,13H,2,9-12H2,1H3,(H2,19,20,21). The second kappa shape index (κ2) is 9.20. The molecule has 22 heavy (non-hydrogen) atoms. The van der Waals surface area contributed by atoms with E-state index >= 15 is 0 Å². The van der Waals surface area contributed by atoms with Crippen LogP contribution in [0.1, 0.15) is 17.4 Å². The number of hydrogen-bond acceptors (Lipinski definition) is 2. The van der Waals surface area contributed by atoms with Crippen molar-refractivity contribution >= 4 is 17.3 Å². The first kappa shape index (κ1) is 16.5. The van der Waals surface area contributed by atoms with Crippen molar-refractivity contribution in [2.45, 2.75) is 19.8 Å². The molecule has 0 unspecified atom stereocenters. The summed E-state index contributed by atoms with van der Waals surface area (Å²) in [5, 5.41) is 8.54. The van der Waals surface area contributed by atoms with Gasteiger partial charge < -0.3 is 10.6 Å². The van der Waals surface area contributed by atoms with Crippen molar-refractivity contribution in [3.05, 3.63) is 58.0 Å². The van der Waals surface area contributed by atoms with Crippen molar-refractivity contribution in [1.29, 1.82) is 0 Å². The molecule has 1 heterocycles. The minimum atomic E-state index is -0.149. The molecule has 0 spiro atoms. The zero-order chi connectivity index (χ0) is 15.6. The van der Waals surface area contributed by atoms with E-state index in [0.717, 1.165) is 31.0 Å². The van der Waals surface area contributed by atoms with Gasteiger partial charge in [-0.15, -0.1) is 11.3 Å². The van der Waals surface area contributed by atoms with E-state index in [9.17, 15) is 4.39 Å². The molecule has 1 aromatic carbocycles. The fraction of sp³-hybridized carbons (Fsp3) is 0.353. The maximum Gasteiger partial charge on any atom is 0.191 e. The highest BCUT2D eigenvalue weighted by atomic mass is 32.1. The molecule has 2 rings (SSSR count). The number of aliphatic imine (C=N–C) groups is 1. The van der Waals surface area contributed by atoms with Gasteiger partial charge in [-0.3, -0.25) is 4.99 Å². The molecular formula is C17H22FN3S. The third-order valence-corrected chi connectivity index (χ3v) is 4.13. The summed E-state index contributed by atoms with van der Waals surface area (Å²) in [6, 6.07) is 11.1. The predicted octanol–water partition coefficient (Wildman–Crippen LogP) is 3.23. The van der Waals surface area contributed by atoms with Crippen LogP contribution in [0, 0.1) is 5.82 Å². The minimum absolute atomic E-state index is 0.149. The highest BCUT2D eigenvalue weighted by Crippen LogP contribution is 2.09.